The molecule has 2 aromatic rings. The van der Waals surface area contributed by atoms with Crippen LogP contribution in [0.3, 0.4) is 0 Å². The van der Waals surface area contributed by atoms with E-state index in [-0.39, 0.29) is 29.6 Å². The topological polar surface area (TPSA) is 91.4 Å². The summed E-state index contributed by atoms with van der Waals surface area (Å²) in [7, 11) is 1.74. The van der Waals surface area contributed by atoms with Gasteiger partial charge in [0.1, 0.15) is 22.6 Å². The molecule has 1 aliphatic carbocycles. The van der Waals surface area contributed by atoms with Crippen molar-refractivity contribution in [1.29, 1.82) is 0 Å². The number of amides is 2. The molecule has 9 heteroatoms. The molecule has 3 atom stereocenters. The summed E-state index contributed by atoms with van der Waals surface area (Å²) >= 11 is 1.39. The van der Waals surface area contributed by atoms with Crippen LogP contribution in [0.2, 0.25) is 0 Å². The van der Waals surface area contributed by atoms with Crippen LogP contribution < -0.4 is 10.6 Å². The van der Waals surface area contributed by atoms with E-state index in [1.807, 2.05) is 4.90 Å². The normalized spacial score (nSPS) is 20.6. The fourth-order valence-corrected chi connectivity index (χ4v) is 6.31. The number of hydrogen-bond acceptors (Lipinski definition) is 6. The van der Waals surface area contributed by atoms with Crippen LogP contribution in [0.25, 0.3) is 0 Å². The van der Waals surface area contributed by atoms with Gasteiger partial charge in [0.25, 0.3) is 0 Å². The molecule has 2 amide bonds. The Morgan fingerprint density at radius 3 is 2.41 bits per heavy atom. The summed E-state index contributed by atoms with van der Waals surface area (Å²) in [4.78, 5) is 46.5. The van der Waals surface area contributed by atoms with Gasteiger partial charge >= 0.3 is 0 Å². The molecule has 2 heterocycles. The van der Waals surface area contributed by atoms with Crippen molar-refractivity contribution < 1.29 is 18.8 Å². The van der Waals surface area contributed by atoms with Gasteiger partial charge < -0.3 is 15.5 Å². The fourth-order valence-electron chi connectivity index (χ4n) is 5.36. The molecule has 0 unspecified atom stereocenters. The molecule has 2 N–H and O–H groups in total. The lowest BCUT2D eigenvalue weighted by molar-refractivity contribution is -0.141. The first-order valence-corrected chi connectivity index (χ1v) is 14.3. The molecule has 2 aliphatic rings. The van der Waals surface area contributed by atoms with Crippen molar-refractivity contribution in [2.45, 2.75) is 82.8 Å². The maximum atomic E-state index is 14.1. The largest absolute Gasteiger partial charge is 0.343 e. The number of hydrogen-bond donors (Lipinski definition) is 2. The van der Waals surface area contributed by atoms with Gasteiger partial charge in [0.2, 0.25) is 17.6 Å². The predicted octanol–water partition coefficient (Wildman–Crippen LogP) is 4.63. The van der Waals surface area contributed by atoms with Crippen molar-refractivity contribution >= 4 is 28.9 Å². The van der Waals surface area contributed by atoms with Crippen LogP contribution in [0.4, 0.5) is 4.39 Å². The van der Waals surface area contributed by atoms with E-state index in [9.17, 15) is 18.8 Å². The third-order valence-corrected chi connectivity index (χ3v) is 8.64. The van der Waals surface area contributed by atoms with Crippen LogP contribution in [0.15, 0.2) is 29.6 Å². The Morgan fingerprint density at radius 2 is 1.70 bits per heavy atom. The van der Waals surface area contributed by atoms with Crippen molar-refractivity contribution in [2.24, 2.45) is 5.92 Å². The number of thiazole rings is 1. The first-order valence-electron chi connectivity index (χ1n) is 13.4. The van der Waals surface area contributed by atoms with Gasteiger partial charge in [-0.1, -0.05) is 32.1 Å². The molecule has 0 radical (unpaired) electrons. The molecule has 1 saturated heterocycles. The number of nitrogens with zero attached hydrogens (tertiary/aromatic N) is 2. The molecule has 4 rings (SSSR count). The minimum atomic E-state index is -0.565. The maximum Gasteiger partial charge on any atom is 0.246 e. The molecule has 1 aromatic carbocycles. The zero-order valence-corrected chi connectivity index (χ0v) is 22.5. The minimum absolute atomic E-state index is 0.0444. The van der Waals surface area contributed by atoms with Crippen molar-refractivity contribution in [3.63, 3.8) is 0 Å². The summed E-state index contributed by atoms with van der Waals surface area (Å²) in [6.45, 7) is 2.40. The molecule has 1 aromatic heterocycles. The lowest BCUT2D eigenvalue weighted by Gasteiger charge is -2.37. The van der Waals surface area contributed by atoms with Gasteiger partial charge in [-0.25, -0.2) is 9.37 Å². The standard InChI is InChI=1S/C28H37FN4O3S/c1-18(30-2)26(35)32-24(19-9-5-3-6-10-19)28(36)33-16-8-4-7-11-23(33)27-31-22(17-37-27)25(34)20-12-14-21(29)15-13-20/h12-15,17-19,23-24,30H,3-11,16H2,1-2H3,(H,32,35)/t18-,23+,24-/m0/s1. The quantitative estimate of drug-likeness (QED) is 0.488. The van der Waals surface area contributed by atoms with E-state index in [4.69, 9.17) is 0 Å². The van der Waals surface area contributed by atoms with Crippen LogP contribution in [0.5, 0.6) is 0 Å². The minimum Gasteiger partial charge on any atom is -0.343 e. The van der Waals surface area contributed by atoms with Crippen molar-refractivity contribution in [3.8, 4) is 0 Å². The molecular weight excluding hydrogens is 491 g/mol. The van der Waals surface area contributed by atoms with Crippen molar-refractivity contribution in [3.05, 3.63) is 51.7 Å². The second-order valence-corrected chi connectivity index (χ2v) is 11.1. The second kappa shape index (κ2) is 12.7. The highest BCUT2D eigenvalue weighted by atomic mass is 32.1. The molecule has 200 valence electrons. The van der Waals surface area contributed by atoms with Crippen molar-refractivity contribution in [1.82, 2.24) is 20.5 Å². The number of carbonyl (C=O) groups is 3. The summed E-state index contributed by atoms with van der Waals surface area (Å²) in [5.74, 6) is -0.754. The molecule has 0 spiro atoms. The van der Waals surface area contributed by atoms with Crippen LogP contribution in [-0.4, -0.2) is 53.2 Å². The maximum absolute atomic E-state index is 14.1. The van der Waals surface area contributed by atoms with E-state index in [0.717, 1.165) is 62.8 Å². The zero-order valence-electron chi connectivity index (χ0n) is 21.7. The first kappa shape index (κ1) is 27.4. The van der Waals surface area contributed by atoms with Crippen LogP contribution in [0, 0.1) is 11.7 Å². The monoisotopic (exact) mass is 528 g/mol. The molecule has 7 nitrogen and oxygen atoms in total. The molecular formula is C28H37FN4O3S. The number of rotatable bonds is 8. The van der Waals surface area contributed by atoms with Gasteiger partial charge in [-0.15, -0.1) is 11.3 Å². The predicted molar refractivity (Wildman–Crippen MR) is 142 cm³/mol. The Balaban J connectivity index is 1.59. The van der Waals surface area contributed by atoms with Gasteiger partial charge in [0.05, 0.1) is 12.1 Å². The molecule has 2 fully saturated rings. The van der Waals surface area contributed by atoms with E-state index in [0.29, 0.717) is 17.8 Å². The summed E-state index contributed by atoms with van der Waals surface area (Å²) in [6.07, 6.45) is 8.79. The average Bonchev–Trinajstić information content (AvgIpc) is 3.29. The van der Waals surface area contributed by atoms with Crippen LogP contribution in [0.1, 0.15) is 91.8 Å². The average molecular weight is 529 g/mol. The highest BCUT2D eigenvalue weighted by Crippen LogP contribution is 2.35. The molecule has 37 heavy (non-hydrogen) atoms. The zero-order chi connectivity index (χ0) is 26.4. The van der Waals surface area contributed by atoms with Gasteiger partial charge in [-0.3, -0.25) is 14.4 Å². The van der Waals surface area contributed by atoms with Gasteiger partial charge in [-0.05, 0) is 69.8 Å². The Bertz CT molecular complexity index is 1080. The number of carbonyl (C=O) groups excluding carboxylic acids is 3. The highest BCUT2D eigenvalue weighted by Gasteiger charge is 2.38. The van der Waals surface area contributed by atoms with E-state index < -0.39 is 17.9 Å². The Hall–Kier alpha value is -2.65. The summed E-state index contributed by atoms with van der Waals surface area (Å²) < 4.78 is 13.3. The number of ketones is 1. The summed E-state index contributed by atoms with van der Waals surface area (Å²) in [5.41, 5.74) is 0.689. The van der Waals surface area contributed by atoms with Gasteiger partial charge in [-0.2, -0.15) is 0 Å². The number of aromatic nitrogens is 1. The Kier molecular flexibility index (Phi) is 9.43. The van der Waals surface area contributed by atoms with E-state index in [2.05, 4.69) is 15.6 Å². The molecule has 1 aliphatic heterocycles. The van der Waals surface area contributed by atoms with Crippen molar-refractivity contribution in [2.75, 3.05) is 13.6 Å². The number of nitrogens with one attached hydrogen (secondary N) is 2. The van der Waals surface area contributed by atoms with Gasteiger partial charge in [0, 0.05) is 17.5 Å². The summed E-state index contributed by atoms with van der Waals surface area (Å²) in [6, 6.07) is 4.26. The Labute approximate surface area is 222 Å². The highest BCUT2D eigenvalue weighted by molar-refractivity contribution is 7.10. The first-order chi connectivity index (χ1) is 17.9. The lowest BCUT2D eigenvalue weighted by Crippen LogP contribution is -2.56. The third-order valence-electron chi connectivity index (χ3n) is 7.69. The SMILES string of the molecule is CN[C@@H](C)C(=O)N[C@H](C(=O)N1CCCCC[C@@H]1c1nc(C(=O)c2ccc(F)cc2)cs1)C1CCCCC1. The number of benzene rings is 1. The molecule has 1 saturated carbocycles. The number of likely N-dealkylation sites (N-methyl/N-ethyl adjacent to an activating group) is 1. The molecule has 0 bridgehead atoms. The van der Waals surface area contributed by atoms with Crippen LogP contribution in [-0.2, 0) is 9.59 Å². The Morgan fingerprint density at radius 1 is 1.03 bits per heavy atom. The summed E-state index contributed by atoms with van der Waals surface area (Å²) in [5, 5.41) is 8.51. The van der Waals surface area contributed by atoms with Crippen LogP contribution >= 0.6 is 11.3 Å². The second-order valence-electron chi connectivity index (χ2n) is 10.2. The number of halogens is 1. The smallest absolute Gasteiger partial charge is 0.246 e. The lowest BCUT2D eigenvalue weighted by atomic mass is 9.83. The van der Waals surface area contributed by atoms with E-state index >= 15 is 0 Å². The van der Waals surface area contributed by atoms with E-state index in [1.165, 1.54) is 35.6 Å². The fraction of sp³-hybridized carbons (Fsp3) is 0.571. The van der Waals surface area contributed by atoms with Gasteiger partial charge in [0.15, 0.2) is 0 Å². The third kappa shape index (κ3) is 6.62. The number of likely N-dealkylation sites (tertiary alicyclic amines) is 1. The van der Waals surface area contributed by atoms with E-state index in [1.54, 1.807) is 19.4 Å².